The van der Waals surface area contributed by atoms with Crippen molar-refractivity contribution in [1.29, 1.82) is 0 Å². The molecule has 1 fully saturated rings. The summed E-state index contributed by atoms with van der Waals surface area (Å²) in [5.41, 5.74) is 1.62. The van der Waals surface area contributed by atoms with E-state index in [-0.39, 0.29) is 11.7 Å². The Morgan fingerprint density at radius 3 is 2.63 bits per heavy atom. The fraction of sp³-hybridized carbons (Fsp3) is 0.647. The number of halogens is 1. The third-order valence-electron chi connectivity index (χ3n) is 4.82. The van der Waals surface area contributed by atoms with Gasteiger partial charge in [-0.05, 0) is 60.8 Å². The summed E-state index contributed by atoms with van der Waals surface area (Å²) in [6.45, 7) is 8.62. The van der Waals surface area contributed by atoms with Crippen molar-refractivity contribution in [2.75, 3.05) is 0 Å². The van der Waals surface area contributed by atoms with E-state index in [1.165, 1.54) is 6.07 Å². The van der Waals surface area contributed by atoms with E-state index in [1.54, 1.807) is 12.1 Å². The first kappa shape index (κ1) is 14.5. The Hall–Kier alpha value is -0.890. The Kier molecular flexibility index (Phi) is 3.74. The lowest BCUT2D eigenvalue weighted by Gasteiger charge is -2.45. The smallest absolute Gasteiger partial charge is 0.123 e. The quantitative estimate of drug-likeness (QED) is 0.846. The first-order valence-electron chi connectivity index (χ1n) is 7.19. The molecule has 106 valence electrons. The van der Waals surface area contributed by atoms with Crippen LogP contribution in [-0.2, 0) is 6.42 Å². The van der Waals surface area contributed by atoms with Crippen molar-refractivity contribution in [3.63, 3.8) is 0 Å². The molecule has 2 atom stereocenters. The van der Waals surface area contributed by atoms with Crippen LogP contribution in [-0.4, -0.2) is 10.7 Å². The van der Waals surface area contributed by atoms with Gasteiger partial charge in [-0.3, -0.25) is 0 Å². The zero-order valence-electron chi connectivity index (χ0n) is 12.5. The number of benzene rings is 1. The SMILES string of the molecule is Cc1ccc(F)cc1CC1(O)CCC(C)(C)CC1C. The minimum absolute atomic E-state index is 0.215. The van der Waals surface area contributed by atoms with Crippen LogP contribution < -0.4 is 0 Å². The van der Waals surface area contributed by atoms with Crippen molar-refractivity contribution in [3.05, 3.63) is 35.1 Å². The molecule has 0 saturated heterocycles. The largest absolute Gasteiger partial charge is 0.389 e. The Labute approximate surface area is 115 Å². The molecule has 0 radical (unpaired) electrons. The summed E-state index contributed by atoms with van der Waals surface area (Å²) in [5, 5.41) is 10.9. The fourth-order valence-electron chi connectivity index (χ4n) is 3.35. The first-order valence-corrected chi connectivity index (χ1v) is 7.19. The van der Waals surface area contributed by atoms with Crippen molar-refractivity contribution >= 4 is 0 Å². The van der Waals surface area contributed by atoms with Crippen molar-refractivity contribution in [2.45, 2.75) is 59.0 Å². The molecule has 0 heterocycles. The molecular weight excluding hydrogens is 239 g/mol. The normalized spacial score (nSPS) is 30.3. The average Bonchev–Trinajstić information content (AvgIpc) is 2.30. The van der Waals surface area contributed by atoms with E-state index in [9.17, 15) is 9.50 Å². The second-order valence-electron chi connectivity index (χ2n) is 7.12. The molecule has 0 aromatic heterocycles. The second kappa shape index (κ2) is 4.90. The summed E-state index contributed by atoms with van der Waals surface area (Å²) in [6, 6.07) is 4.85. The fourth-order valence-corrected chi connectivity index (χ4v) is 3.35. The Morgan fingerprint density at radius 2 is 2.00 bits per heavy atom. The lowest BCUT2D eigenvalue weighted by atomic mass is 9.64. The van der Waals surface area contributed by atoms with Gasteiger partial charge in [-0.25, -0.2) is 4.39 Å². The van der Waals surface area contributed by atoms with Crippen LogP contribution in [0.25, 0.3) is 0 Å². The van der Waals surface area contributed by atoms with Gasteiger partial charge >= 0.3 is 0 Å². The maximum Gasteiger partial charge on any atom is 0.123 e. The van der Waals surface area contributed by atoms with Gasteiger partial charge in [-0.2, -0.15) is 0 Å². The molecule has 0 aliphatic heterocycles. The summed E-state index contributed by atoms with van der Waals surface area (Å²) in [4.78, 5) is 0. The molecule has 0 amide bonds. The van der Waals surface area contributed by atoms with E-state index >= 15 is 0 Å². The van der Waals surface area contributed by atoms with Gasteiger partial charge in [-0.1, -0.05) is 26.8 Å². The summed E-state index contributed by atoms with van der Waals surface area (Å²) >= 11 is 0. The lowest BCUT2D eigenvalue weighted by molar-refractivity contribution is -0.0705. The summed E-state index contributed by atoms with van der Waals surface area (Å²) in [7, 11) is 0. The van der Waals surface area contributed by atoms with Crippen molar-refractivity contribution < 1.29 is 9.50 Å². The van der Waals surface area contributed by atoms with Crippen LogP contribution in [0, 0.1) is 24.1 Å². The van der Waals surface area contributed by atoms with Crippen molar-refractivity contribution in [2.24, 2.45) is 11.3 Å². The van der Waals surface area contributed by atoms with Gasteiger partial charge in [0.05, 0.1) is 5.60 Å². The summed E-state index contributed by atoms with van der Waals surface area (Å²) in [5.74, 6) is 0.0342. The van der Waals surface area contributed by atoms with E-state index in [2.05, 4.69) is 20.8 Å². The molecule has 0 spiro atoms. The monoisotopic (exact) mass is 264 g/mol. The molecule has 2 rings (SSSR count). The van der Waals surface area contributed by atoms with Crippen LogP contribution in [0.3, 0.4) is 0 Å². The molecule has 1 saturated carbocycles. The number of hydrogen-bond acceptors (Lipinski definition) is 1. The van der Waals surface area contributed by atoms with E-state index in [1.807, 2.05) is 6.92 Å². The van der Waals surface area contributed by atoms with Gasteiger partial charge in [0.1, 0.15) is 5.82 Å². The van der Waals surface area contributed by atoms with Gasteiger partial charge in [0, 0.05) is 6.42 Å². The Bertz CT molecular complexity index is 466. The van der Waals surface area contributed by atoms with E-state index < -0.39 is 5.60 Å². The minimum atomic E-state index is -0.686. The zero-order valence-corrected chi connectivity index (χ0v) is 12.5. The highest BCUT2D eigenvalue weighted by atomic mass is 19.1. The highest BCUT2D eigenvalue weighted by Gasteiger charge is 2.42. The van der Waals surface area contributed by atoms with Gasteiger partial charge in [0.15, 0.2) is 0 Å². The van der Waals surface area contributed by atoms with Gasteiger partial charge in [0.25, 0.3) is 0 Å². The van der Waals surface area contributed by atoms with Crippen LogP contribution >= 0.6 is 0 Å². The zero-order chi connectivity index (χ0) is 14.3. The molecule has 1 aromatic carbocycles. The molecule has 1 aliphatic rings. The minimum Gasteiger partial charge on any atom is -0.389 e. The molecule has 2 unspecified atom stereocenters. The average molecular weight is 264 g/mol. The highest BCUT2D eigenvalue weighted by molar-refractivity contribution is 5.28. The molecule has 1 nitrogen and oxygen atoms in total. The number of aryl methyl sites for hydroxylation is 1. The molecule has 0 bridgehead atoms. The predicted molar refractivity (Wildman–Crippen MR) is 76.6 cm³/mol. The Morgan fingerprint density at radius 1 is 1.32 bits per heavy atom. The highest BCUT2D eigenvalue weighted by Crippen LogP contribution is 2.45. The van der Waals surface area contributed by atoms with Gasteiger partial charge in [-0.15, -0.1) is 0 Å². The number of aliphatic hydroxyl groups is 1. The number of rotatable bonds is 2. The van der Waals surface area contributed by atoms with Crippen LogP contribution in [0.1, 0.15) is 51.2 Å². The van der Waals surface area contributed by atoms with Crippen LogP contribution in [0.5, 0.6) is 0 Å². The van der Waals surface area contributed by atoms with Crippen molar-refractivity contribution in [1.82, 2.24) is 0 Å². The first-order chi connectivity index (χ1) is 8.72. The predicted octanol–water partition coefficient (Wildman–Crippen LogP) is 4.25. The van der Waals surface area contributed by atoms with Crippen LogP contribution in [0.15, 0.2) is 18.2 Å². The maximum atomic E-state index is 13.4. The van der Waals surface area contributed by atoms with Gasteiger partial charge < -0.3 is 5.11 Å². The molecule has 1 N–H and O–H groups in total. The van der Waals surface area contributed by atoms with Crippen LogP contribution in [0.4, 0.5) is 4.39 Å². The molecule has 2 heteroatoms. The molecule has 1 aromatic rings. The third-order valence-corrected chi connectivity index (χ3v) is 4.82. The number of hydrogen-bond donors (Lipinski definition) is 1. The Balaban J connectivity index is 2.20. The summed E-state index contributed by atoms with van der Waals surface area (Å²) < 4.78 is 13.4. The standard InChI is InChI=1S/C17H25FO/c1-12-5-6-15(18)9-14(12)11-17(19)8-7-16(3,4)10-13(17)2/h5-6,9,13,19H,7-8,10-11H2,1-4H3. The van der Waals surface area contributed by atoms with Crippen LogP contribution in [0.2, 0.25) is 0 Å². The molecule has 19 heavy (non-hydrogen) atoms. The molecule has 1 aliphatic carbocycles. The van der Waals surface area contributed by atoms with Crippen molar-refractivity contribution in [3.8, 4) is 0 Å². The lowest BCUT2D eigenvalue weighted by Crippen LogP contribution is -2.45. The second-order valence-corrected chi connectivity index (χ2v) is 7.12. The van der Waals surface area contributed by atoms with E-state index in [0.29, 0.717) is 11.8 Å². The van der Waals surface area contributed by atoms with Gasteiger partial charge in [0.2, 0.25) is 0 Å². The topological polar surface area (TPSA) is 20.2 Å². The molecular formula is C17H25FO. The third kappa shape index (κ3) is 3.17. The van der Waals surface area contributed by atoms with E-state index in [4.69, 9.17) is 0 Å². The summed E-state index contributed by atoms with van der Waals surface area (Å²) in [6.07, 6.45) is 3.42. The van der Waals surface area contributed by atoms with E-state index in [0.717, 1.165) is 30.4 Å². The maximum absolute atomic E-state index is 13.4.